The Kier molecular flexibility index (Phi) is 20.9. The second-order valence-corrected chi connectivity index (χ2v) is 42.5. The topological polar surface area (TPSA) is 139 Å². The van der Waals surface area contributed by atoms with Crippen molar-refractivity contribution in [3.63, 3.8) is 0 Å². The number of carbonyl (C=O) groups is 1. The van der Waals surface area contributed by atoms with Crippen molar-refractivity contribution in [1.29, 1.82) is 0 Å². The highest BCUT2D eigenvalue weighted by atomic mass is 79.9. The number of halogens is 1. The maximum absolute atomic E-state index is 14.8. The lowest BCUT2D eigenvalue weighted by Crippen LogP contribution is -2.61. The zero-order valence-corrected chi connectivity index (χ0v) is 53.8. The number of rotatable bonds is 27. The van der Waals surface area contributed by atoms with Crippen LogP contribution in [-0.2, 0) is 56.0 Å². The molecule has 8 aliphatic heterocycles. The molecule has 0 amide bonds. The molecule has 8 heterocycles. The highest BCUT2D eigenvalue weighted by Crippen LogP contribution is 2.54. The van der Waals surface area contributed by atoms with Gasteiger partial charge in [-0.25, -0.2) is 0 Å². The fourth-order valence-electron chi connectivity index (χ4n) is 12.9. The molecule has 8 aliphatic rings. The van der Waals surface area contributed by atoms with Gasteiger partial charge in [-0.3, -0.25) is 4.79 Å². The maximum Gasteiger partial charge on any atom is 0.192 e. The van der Waals surface area contributed by atoms with Gasteiger partial charge in [0.15, 0.2) is 30.7 Å². The predicted molar refractivity (Wildman–Crippen MR) is 306 cm³/mol. The smallest absolute Gasteiger partial charge is 0.192 e. The van der Waals surface area contributed by atoms with E-state index in [1.54, 1.807) is 7.11 Å². The predicted octanol–water partition coefficient (Wildman–Crippen LogP) is 12.5. The van der Waals surface area contributed by atoms with E-state index in [-0.39, 0.29) is 108 Å². The molecule has 0 aromatic heterocycles. The molecule has 9 unspecified atom stereocenters. The summed E-state index contributed by atoms with van der Waals surface area (Å²) in [5, 5.41) is 10.8. The van der Waals surface area contributed by atoms with Crippen LogP contribution in [0.4, 0.5) is 0 Å². The summed E-state index contributed by atoms with van der Waals surface area (Å²) in [6, 6.07) is 3.45. The monoisotopic (exact) mass is 1170 g/mol. The lowest BCUT2D eigenvalue weighted by atomic mass is 9.81. The van der Waals surface area contributed by atoms with Crippen LogP contribution in [-0.4, -0.2) is 154 Å². The van der Waals surface area contributed by atoms with Crippen molar-refractivity contribution < 1.29 is 61.1 Å². The van der Waals surface area contributed by atoms with Crippen LogP contribution in [0.1, 0.15) is 153 Å². The van der Waals surface area contributed by atoms with Crippen LogP contribution < -0.4 is 0 Å². The molecule has 1 N–H and O–H groups in total. The van der Waals surface area contributed by atoms with Crippen LogP contribution in [0.3, 0.4) is 0 Å². The summed E-state index contributed by atoms with van der Waals surface area (Å²) in [4.78, 5) is 14.8. The van der Waals surface area contributed by atoms with Gasteiger partial charge in [0.2, 0.25) is 0 Å². The standard InChI is InChI=1S/C58H103BrO13Si3/c1-18-75(19-2,20-3)63-27-21-22-41-28-36(4)38(6)46(65-41)33-47-44(50(62-13)48(67-47)32-43(72-74(16,17)57(10,11)12)35-64-73(14,15)56(7,8)9)31-40(61)30-42-23-24-45-51(66-42)55-54-53(68-45)52-49(69-54)34-58(70-52,71-55)26-25-39(60)29-37(5)59/h36,39,41-55,60H,5-6,18-35H2,1-4,7-17H3/t36?,39-,41+,42-,43?,44?,45?,46?,47+,48?,49?,50-,51+,52?,53+,54-,55?,58+/m1/s1. The molecule has 75 heavy (non-hydrogen) atoms. The van der Waals surface area contributed by atoms with Crippen molar-refractivity contribution >= 4 is 46.7 Å². The highest BCUT2D eigenvalue weighted by Gasteiger charge is 2.69. The number of hydrogen-bond donors (Lipinski definition) is 1. The van der Waals surface area contributed by atoms with E-state index in [0.29, 0.717) is 57.5 Å². The Labute approximate surface area is 465 Å². The number of methoxy groups -OCH3 is 1. The third-order valence-corrected chi connectivity index (χ3v) is 33.9. The van der Waals surface area contributed by atoms with Gasteiger partial charge in [0.05, 0.1) is 67.6 Å². The molecule has 0 aromatic rings. The molecule has 8 saturated heterocycles. The average molecular weight is 1170 g/mol. The maximum atomic E-state index is 14.8. The first-order valence-corrected chi connectivity index (χ1v) is 38.5. The lowest BCUT2D eigenvalue weighted by Gasteiger charge is -2.47. The molecule has 432 valence electrons. The number of fused-ring (bicyclic) bond motifs is 1. The summed E-state index contributed by atoms with van der Waals surface area (Å²) in [5.41, 5.74) is 1.09. The molecule has 6 bridgehead atoms. The van der Waals surface area contributed by atoms with Gasteiger partial charge in [0, 0.05) is 64.6 Å². The Balaban J connectivity index is 1.08. The van der Waals surface area contributed by atoms with E-state index >= 15 is 0 Å². The molecule has 0 aromatic carbocycles. The van der Waals surface area contributed by atoms with Crippen molar-refractivity contribution in [2.75, 3.05) is 20.3 Å². The number of aliphatic hydroxyl groups is 1. The van der Waals surface area contributed by atoms with Crippen LogP contribution >= 0.6 is 15.9 Å². The van der Waals surface area contributed by atoms with E-state index in [9.17, 15) is 9.90 Å². The molecule has 0 aliphatic carbocycles. The van der Waals surface area contributed by atoms with E-state index in [0.717, 1.165) is 60.5 Å². The SMILES string of the molecule is C=C(Br)C[C@H](O)CC[C@@]12CC3O[C@H]4C(O1)[C@H]1O[C@@H](CC(=O)CC5[C@@H](OC)C(CC(CO[Si](C)(C)C(C)(C)C)O[Si](C)(C)C(C)(C)C)O[C@H]5CC5O[C@@H](CCCO[Si](CC)(CC)CC)CC(C)C5=C)CCC1O[C@H]4C3O2. The third kappa shape index (κ3) is 14.5. The molecule has 8 fully saturated rings. The van der Waals surface area contributed by atoms with Crippen LogP contribution in [0.5, 0.6) is 0 Å². The quantitative estimate of drug-likeness (QED) is 0.0475. The first-order valence-electron chi connectivity index (χ1n) is 29.4. The summed E-state index contributed by atoms with van der Waals surface area (Å²) in [6.07, 6.45) is 3.86. The van der Waals surface area contributed by atoms with E-state index in [1.165, 1.54) is 0 Å². The van der Waals surface area contributed by atoms with Gasteiger partial charge in [-0.1, -0.05) is 98.3 Å². The van der Waals surface area contributed by atoms with E-state index in [2.05, 4.69) is 125 Å². The van der Waals surface area contributed by atoms with Crippen molar-refractivity contribution in [2.24, 2.45) is 11.8 Å². The Morgan fingerprint density at radius 3 is 2.12 bits per heavy atom. The minimum atomic E-state index is -2.25. The Hall–Kier alpha value is -0.199. The summed E-state index contributed by atoms with van der Waals surface area (Å²) in [6.45, 7) is 41.8. The van der Waals surface area contributed by atoms with E-state index in [1.807, 2.05) is 0 Å². The molecule has 0 saturated carbocycles. The largest absolute Gasteiger partial charge is 0.417 e. The molecule has 0 spiro atoms. The molecular weight excluding hydrogens is 1070 g/mol. The third-order valence-electron chi connectivity index (χ3n) is 19.8. The second kappa shape index (κ2) is 25.1. The normalized spacial score (nSPS) is 36.9. The zero-order valence-electron chi connectivity index (χ0n) is 49.2. The van der Waals surface area contributed by atoms with Crippen molar-refractivity contribution in [1.82, 2.24) is 0 Å². The number of aliphatic hydroxyl groups excluding tert-OH is 1. The summed E-state index contributed by atoms with van der Waals surface area (Å²) < 4.78 is 76.5. The molecular formula is C58H103BrO13Si3. The Bertz CT molecular complexity index is 1910. The first kappa shape index (κ1) is 62.4. The summed E-state index contributed by atoms with van der Waals surface area (Å²) in [5.74, 6) is -0.724. The summed E-state index contributed by atoms with van der Waals surface area (Å²) in [7, 11) is -4.29. The number of ketones is 1. The van der Waals surface area contributed by atoms with Gasteiger partial charge in [0.1, 0.15) is 36.3 Å². The fraction of sp³-hybridized carbons (Fsp3) is 0.914. The number of ether oxygens (including phenoxy) is 8. The van der Waals surface area contributed by atoms with Gasteiger partial charge < -0.3 is 56.3 Å². The van der Waals surface area contributed by atoms with Crippen LogP contribution in [0.25, 0.3) is 0 Å². The van der Waals surface area contributed by atoms with Crippen LogP contribution in [0, 0.1) is 11.8 Å². The van der Waals surface area contributed by atoms with Crippen LogP contribution in [0.15, 0.2) is 23.2 Å². The number of hydrogen-bond acceptors (Lipinski definition) is 13. The molecule has 17 heteroatoms. The van der Waals surface area contributed by atoms with Crippen molar-refractivity contribution in [3.05, 3.63) is 23.2 Å². The molecule has 8 rings (SSSR count). The zero-order chi connectivity index (χ0) is 55.1. The number of carbonyl (C=O) groups excluding carboxylic acids is 1. The van der Waals surface area contributed by atoms with Gasteiger partial charge >= 0.3 is 0 Å². The fourth-order valence-corrected chi connectivity index (χ4v) is 18.3. The second-order valence-electron chi connectivity index (χ2n) is 27.0. The van der Waals surface area contributed by atoms with Gasteiger partial charge in [-0.2, -0.15) is 0 Å². The molecule has 18 atom stereocenters. The molecule has 0 radical (unpaired) electrons. The lowest BCUT2D eigenvalue weighted by molar-refractivity contribution is -0.292. The minimum absolute atomic E-state index is 0.00816. The van der Waals surface area contributed by atoms with E-state index in [4.69, 9.17) is 51.2 Å². The van der Waals surface area contributed by atoms with Gasteiger partial charge in [-0.15, -0.1) is 0 Å². The van der Waals surface area contributed by atoms with Gasteiger partial charge in [0.25, 0.3) is 0 Å². The Morgan fingerprint density at radius 1 is 0.827 bits per heavy atom. The minimum Gasteiger partial charge on any atom is -0.417 e. The molecule has 13 nitrogen and oxygen atoms in total. The first-order chi connectivity index (χ1) is 35.1. The summed E-state index contributed by atoms with van der Waals surface area (Å²) >= 11 is 3.40. The van der Waals surface area contributed by atoms with Crippen molar-refractivity contribution in [2.45, 2.75) is 304 Å². The highest BCUT2D eigenvalue weighted by molar-refractivity contribution is 9.11. The van der Waals surface area contributed by atoms with Crippen molar-refractivity contribution in [3.8, 4) is 0 Å². The van der Waals surface area contributed by atoms with Gasteiger partial charge in [-0.05, 0) is 109 Å². The van der Waals surface area contributed by atoms with Crippen LogP contribution in [0.2, 0.25) is 54.4 Å². The number of Topliss-reactive ketones (excluding diaryl/α,β-unsaturated/α-hetero) is 1. The average Bonchev–Trinajstić information content (AvgIpc) is 3.89. The van der Waals surface area contributed by atoms with E-state index < -0.39 is 49.1 Å². The Morgan fingerprint density at radius 2 is 1.48 bits per heavy atom.